The molecule has 9 heteroatoms. The number of rotatable bonds is 9. The molecule has 1 unspecified atom stereocenters. The van der Waals surface area contributed by atoms with Crippen LogP contribution in [-0.2, 0) is 17.8 Å². The lowest BCUT2D eigenvalue weighted by molar-refractivity contribution is 0.108. The van der Waals surface area contributed by atoms with Gasteiger partial charge >= 0.3 is 0 Å². The van der Waals surface area contributed by atoms with Gasteiger partial charge in [-0.2, -0.15) is 0 Å². The van der Waals surface area contributed by atoms with E-state index in [1.165, 1.54) is 11.1 Å². The highest BCUT2D eigenvalue weighted by atomic mass is 16.5. The van der Waals surface area contributed by atoms with E-state index in [1.807, 2.05) is 36.7 Å². The number of aromatic nitrogens is 3. The number of aliphatic hydroxyl groups excluding tert-OH is 1. The molecule has 0 aliphatic carbocycles. The molecule has 2 aliphatic heterocycles. The van der Waals surface area contributed by atoms with E-state index in [2.05, 4.69) is 33.5 Å². The van der Waals surface area contributed by atoms with Crippen LogP contribution < -0.4 is 20.3 Å². The molecule has 4 heterocycles. The molecule has 0 bridgehead atoms. The van der Waals surface area contributed by atoms with Crippen molar-refractivity contribution in [1.29, 1.82) is 0 Å². The molecule has 35 heavy (non-hydrogen) atoms. The quantitative estimate of drug-likeness (QED) is 0.430. The van der Waals surface area contributed by atoms with Crippen LogP contribution in [0.1, 0.15) is 23.1 Å². The number of ether oxygens (including phenoxy) is 2. The van der Waals surface area contributed by atoms with Crippen molar-refractivity contribution >= 4 is 11.6 Å². The molecular weight excluding hydrogens is 444 g/mol. The number of nitrogens with one attached hydrogen (secondary N) is 2. The minimum absolute atomic E-state index is 0.207. The van der Waals surface area contributed by atoms with Crippen LogP contribution in [0.15, 0.2) is 42.7 Å². The van der Waals surface area contributed by atoms with Gasteiger partial charge in [-0.25, -0.2) is 9.97 Å². The number of hydrogen-bond donors (Lipinski definition) is 3. The van der Waals surface area contributed by atoms with Crippen molar-refractivity contribution in [2.24, 2.45) is 0 Å². The average molecular weight is 477 g/mol. The second-order valence-electron chi connectivity index (χ2n) is 9.10. The number of fused-ring (bicyclic) bond motifs is 1. The van der Waals surface area contributed by atoms with E-state index >= 15 is 0 Å². The highest BCUT2D eigenvalue weighted by molar-refractivity contribution is 5.68. The Kier molecular flexibility index (Phi) is 7.08. The fourth-order valence-electron chi connectivity index (χ4n) is 4.51. The Morgan fingerprint density at radius 1 is 1.23 bits per heavy atom. The largest absolute Gasteiger partial charge is 0.491 e. The molecule has 1 aromatic carbocycles. The number of hydrogen-bond acceptors (Lipinski definition) is 9. The molecule has 1 fully saturated rings. The number of pyridine rings is 1. The summed E-state index contributed by atoms with van der Waals surface area (Å²) in [4.78, 5) is 16.5. The van der Waals surface area contributed by atoms with Crippen molar-refractivity contribution in [3.63, 3.8) is 0 Å². The first-order chi connectivity index (χ1) is 17.1. The molecule has 2 aromatic heterocycles. The van der Waals surface area contributed by atoms with Gasteiger partial charge in [0, 0.05) is 49.8 Å². The van der Waals surface area contributed by atoms with E-state index in [0.29, 0.717) is 24.7 Å². The van der Waals surface area contributed by atoms with Crippen molar-refractivity contribution in [3.05, 3.63) is 59.4 Å². The third-order valence-corrected chi connectivity index (χ3v) is 6.39. The van der Waals surface area contributed by atoms with Gasteiger partial charge in [-0.15, -0.1) is 0 Å². The summed E-state index contributed by atoms with van der Waals surface area (Å²) < 4.78 is 11.4. The molecule has 0 radical (unpaired) electrons. The molecule has 3 aromatic rings. The summed E-state index contributed by atoms with van der Waals surface area (Å²) in [5.74, 6) is 3.03. The zero-order chi connectivity index (χ0) is 24.2. The normalized spacial score (nSPS) is 17.9. The van der Waals surface area contributed by atoms with Crippen LogP contribution in [0.2, 0.25) is 0 Å². The first-order valence-electron chi connectivity index (χ1n) is 12.1. The Morgan fingerprint density at radius 2 is 2.11 bits per heavy atom. The van der Waals surface area contributed by atoms with Crippen molar-refractivity contribution < 1.29 is 14.6 Å². The van der Waals surface area contributed by atoms with Gasteiger partial charge in [0.2, 0.25) is 0 Å². The number of benzene rings is 1. The van der Waals surface area contributed by atoms with E-state index < -0.39 is 6.10 Å². The highest BCUT2D eigenvalue weighted by Gasteiger charge is 2.25. The van der Waals surface area contributed by atoms with Crippen molar-refractivity contribution in [1.82, 2.24) is 20.3 Å². The maximum atomic E-state index is 9.99. The smallest absolute Gasteiger partial charge is 0.164 e. The van der Waals surface area contributed by atoms with E-state index in [0.717, 1.165) is 48.9 Å². The summed E-state index contributed by atoms with van der Waals surface area (Å²) in [6.45, 7) is 5.73. The first kappa shape index (κ1) is 23.5. The molecule has 2 aliphatic rings. The molecule has 5 rings (SSSR count). The summed E-state index contributed by atoms with van der Waals surface area (Å²) in [6, 6.07) is 10.0. The summed E-state index contributed by atoms with van der Waals surface area (Å²) in [5, 5.41) is 16.5. The Balaban J connectivity index is 1.46. The highest BCUT2D eigenvalue weighted by Crippen LogP contribution is 2.34. The van der Waals surface area contributed by atoms with Crippen LogP contribution in [0.25, 0.3) is 11.4 Å². The third kappa shape index (κ3) is 5.37. The molecule has 184 valence electrons. The maximum absolute atomic E-state index is 9.99. The first-order valence-corrected chi connectivity index (χ1v) is 12.1. The third-order valence-electron chi connectivity index (χ3n) is 6.39. The molecule has 9 nitrogen and oxygen atoms in total. The average Bonchev–Trinajstić information content (AvgIpc) is 3.54. The van der Waals surface area contributed by atoms with Crippen molar-refractivity contribution in [2.75, 3.05) is 43.6 Å². The Labute approximate surface area is 205 Å². The molecule has 0 spiro atoms. The Morgan fingerprint density at radius 3 is 2.91 bits per heavy atom. The van der Waals surface area contributed by atoms with E-state index in [9.17, 15) is 5.11 Å². The second-order valence-corrected chi connectivity index (χ2v) is 9.10. The number of likely N-dealkylation sites (N-methyl/N-ethyl adjacent to an activating group) is 1. The minimum Gasteiger partial charge on any atom is -0.491 e. The molecule has 2 atom stereocenters. The maximum Gasteiger partial charge on any atom is 0.164 e. The molecule has 3 N–H and O–H groups in total. The molecule has 0 saturated carbocycles. The fourth-order valence-corrected chi connectivity index (χ4v) is 4.51. The van der Waals surface area contributed by atoms with Crippen LogP contribution in [-0.4, -0.2) is 65.6 Å². The van der Waals surface area contributed by atoms with Crippen LogP contribution in [0.5, 0.6) is 5.75 Å². The predicted octanol–water partition coefficient (Wildman–Crippen LogP) is 2.53. The number of aliphatic hydroxyl groups is 1. The Bertz CT molecular complexity index is 1140. The van der Waals surface area contributed by atoms with E-state index in [4.69, 9.17) is 19.4 Å². The second kappa shape index (κ2) is 10.6. The topological polar surface area (TPSA) is 105 Å². The van der Waals surface area contributed by atoms with Crippen LogP contribution in [0.4, 0.5) is 11.6 Å². The SMILES string of the molecule is CNCC(O)COc1cccc(-c2nc(N[C@@H]3CCOC3)c(C)c(N3Cc4ccncc4C3)n2)c1. The van der Waals surface area contributed by atoms with Gasteiger partial charge in [0.15, 0.2) is 5.82 Å². The van der Waals surface area contributed by atoms with Crippen molar-refractivity contribution in [2.45, 2.75) is 38.6 Å². The van der Waals surface area contributed by atoms with Gasteiger partial charge in [-0.1, -0.05) is 12.1 Å². The lowest BCUT2D eigenvalue weighted by Crippen LogP contribution is -2.29. The fraction of sp³-hybridized carbons (Fsp3) is 0.423. The van der Waals surface area contributed by atoms with Gasteiger partial charge in [0.05, 0.1) is 12.6 Å². The minimum atomic E-state index is -0.582. The lowest BCUT2D eigenvalue weighted by Gasteiger charge is -2.23. The summed E-state index contributed by atoms with van der Waals surface area (Å²) in [6.07, 6.45) is 4.15. The molecule has 0 amide bonds. The Hall–Kier alpha value is -3.27. The predicted molar refractivity (Wildman–Crippen MR) is 135 cm³/mol. The van der Waals surface area contributed by atoms with Gasteiger partial charge in [0.25, 0.3) is 0 Å². The van der Waals surface area contributed by atoms with Gasteiger partial charge < -0.3 is 30.1 Å². The number of anilines is 2. The van der Waals surface area contributed by atoms with Crippen LogP contribution in [0, 0.1) is 6.92 Å². The van der Waals surface area contributed by atoms with E-state index in [-0.39, 0.29) is 12.6 Å². The lowest BCUT2D eigenvalue weighted by atomic mass is 10.1. The van der Waals surface area contributed by atoms with Gasteiger partial charge in [-0.3, -0.25) is 4.98 Å². The van der Waals surface area contributed by atoms with Gasteiger partial charge in [0.1, 0.15) is 30.1 Å². The molecule has 1 saturated heterocycles. The van der Waals surface area contributed by atoms with E-state index in [1.54, 1.807) is 7.05 Å². The molecular formula is C26H32N6O3. The number of nitrogens with zero attached hydrogens (tertiary/aromatic N) is 4. The van der Waals surface area contributed by atoms with Crippen LogP contribution in [0.3, 0.4) is 0 Å². The summed E-state index contributed by atoms with van der Waals surface area (Å²) in [7, 11) is 1.80. The zero-order valence-corrected chi connectivity index (χ0v) is 20.2. The summed E-state index contributed by atoms with van der Waals surface area (Å²) in [5.41, 5.74) is 4.37. The standard InChI is InChI=1S/C26H32N6O3/c1-17-24(29-21-7-9-34-15-21)30-25(18-4-3-5-23(10-18)35-16-22(33)12-27-2)31-26(17)32-13-19-6-8-28-11-20(19)14-32/h3-6,8,10-11,21-22,27,33H,7,9,12-16H2,1-2H3,(H,29,30,31)/t21-,22?/m1/s1. The van der Waals surface area contributed by atoms with Gasteiger partial charge in [-0.05, 0) is 49.7 Å². The van der Waals surface area contributed by atoms with Crippen LogP contribution >= 0.6 is 0 Å². The summed E-state index contributed by atoms with van der Waals surface area (Å²) >= 11 is 0. The van der Waals surface area contributed by atoms with Crippen molar-refractivity contribution in [3.8, 4) is 17.1 Å². The zero-order valence-electron chi connectivity index (χ0n) is 20.2. The monoisotopic (exact) mass is 476 g/mol.